The van der Waals surface area contributed by atoms with Gasteiger partial charge in [-0.3, -0.25) is 18.9 Å². The van der Waals surface area contributed by atoms with Crippen molar-refractivity contribution in [3.05, 3.63) is 87.9 Å². The number of likely N-dealkylation sites (tertiary alicyclic amines) is 1. The van der Waals surface area contributed by atoms with E-state index in [0.29, 0.717) is 54.5 Å². The molecule has 4 heterocycles. The van der Waals surface area contributed by atoms with E-state index in [-0.39, 0.29) is 30.8 Å². The van der Waals surface area contributed by atoms with Gasteiger partial charge in [-0.2, -0.15) is 5.10 Å². The largest absolute Gasteiger partial charge is 0.445 e. The number of halogens is 1. The molecule has 6 rings (SSSR count). The quantitative estimate of drug-likeness (QED) is 0.229. The standard InChI is InChI=1S/C33H32ClN7O5/c1-3-12-36-32(43)45-18-22-4-6-23(7-5-22)30-28-29(38-39(30)2)31(42)41(20-37-28)19-33(44)10-13-40(14-11-33)17-25-9-8-24(15-26(25)34)27-16-35-21-46-27/h1,4-9,15-16,20-21,44H,10-14,17-19H2,2H3,(H,36,43). The molecule has 2 N–H and O–H groups in total. The molecule has 1 amide bonds. The van der Waals surface area contributed by atoms with E-state index in [1.165, 1.54) is 17.3 Å². The van der Waals surface area contributed by atoms with Crippen molar-refractivity contribution in [1.29, 1.82) is 0 Å². The second kappa shape index (κ2) is 13.2. The second-order valence-electron chi connectivity index (χ2n) is 11.4. The minimum atomic E-state index is -1.07. The molecule has 2 aromatic carbocycles. The van der Waals surface area contributed by atoms with Crippen LogP contribution in [-0.4, -0.2) is 65.7 Å². The zero-order valence-electron chi connectivity index (χ0n) is 25.1. The predicted octanol–water partition coefficient (Wildman–Crippen LogP) is 3.99. The molecule has 1 aliphatic heterocycles. The minimum absolute atomic E-state index is 0.0812. The van der Waals surface area contributed by atoms with Crippen molar-refractivity contribution in [3.8, 4) is 34.9 Å². The highest BCUT2D eigenvalue weighted by Crippen LogP contribution is 2.30. The Bertz CT molecular complexity index is 1950. The van der Waals surface area contributed by atoms with Gasteiger partial charge in [0.25, 0.3) is 5.56 Å². The number of oxazole rings is 1. The molecule has 0 aliphatic carbocycles. The first-order valence-electron chi connectivity index (χ1n) is 14.7. The number of piperidine rings is 1. The lowest BCUT2D eigenvalue weighted by Crippen LogP contribution is -2.47. The van der Waals surface area contributed by atoms with Crippen LogP contribution in [0.4, 0.5) is 4.79 Å². The number of terminal acetylenes is 1. The number of carbonyl (C=O) groups excluding carboxylic acids is 1. The number of aliphatic hydroxyl groups is 1. The van der Waals surface area contributed by atoms with E-state index in [1.807, 2.05) is 42.5 Å². The van der Waals surface area contributed by atoms with Crippen LogP contribution in [0.1, 0.15) is 24.0 Å². The molecule has 0 bridgehead atoms. The Morgan fingerprint density at radius 2 is 1.93 bits per heavy atom. The Balaban J connectivity index is 1.10. The van der Waals surface area contributed by atoms with Gasteiger partial charge in [0.1, 0.15) is 12.1 Å². The minimum Gasteiger partial charge on any atom is -0.445 e. The number of benzene rings is 2. The summed E-state index contributed by atoms with van der Waals surface area (Å²) in [7, 11) is 1.75. The number of nitrogens with zero attached hydrogens (tertiary/aromatic N) is 6. The normalized spacial score (nSPS) is 14.7. The van der Waals surface area contributed by atoms with Gasteiger partial charge in [-0.05, 0) is 30.0 Å². The first-order chi connectivity index (χ1) is 22.2. The number of ether oxygens (including phenoxy) is 1. The molecule has 1 aliphatic rings. The average molecular weight is 642 g/mol. The van der Waals surface area contributed by atoms with E-state index in [4.69, 9.17) is 27.2 Å². The van der Waals surface area contributed by atoms with Crippen molar-refractivity contribution in [2.45, 2.75) is 38.1 Å². The number of rotatable bonds is 9. The fourth-order valence-corrected chi connectivity index (χ4v) is 5.88. The zero-order chi connectivity index (χ0) is 32.3. The monoisotopic (exact) mass is 641 g/mol. The number of carbonyl (C=O) groups is 1. The van der Waals surface area contributed by atoms with E-state index in [1.54, 1.807) is 17.9 Å². The smallest absolute Gasteiger partial charge is 0.408 e. The molecule has 0 radical (unpaired) electrons. The molecule has 0 saturated carbocycles. The highest BCUT2D eigenvalue weighted by molar-refractivity contribution is 6.31. The molecule has 5 aromatic rings. The van der Waals surface area contributed by atoms with E-state index in [0.717, 1.165) is 22.3 Å². The van der Waals surface area contributed by atoms with Gasteiger partial charge >= 0.3 is 6.09 Å². The summed E-state index contributed by atoms with van der Waals surface area (Å²) in [6.07, 6.45) is 10.0. The van der Waals surface area contributed by atoms with Crippen LogP contribution in [0.5, 0.6) is 0 Å². The first kappa shape index (κ1) is 31.0. The Labute approximate surface area is 269 Å². The SMILES string of the molecule is C#CCNC(=O)OCc1ccc(-c2c3ncn(CC4(O)CCN(Cc5ccc(-c6cnco6)cc5Cl)CC4)c(=O)c3nn2C)cc1. The summed E-state index contributed by atoms with van der Waals surface area (Å²) in [5.41, 5.74) is 3.41. The molecule has 13 heteroatoms. The molecule has 0 spiro atoms. The average Bonchev–Trinajstić information content (AvgIpc) is 3.71. The van der Waals surface area contributed by atoms with E-state index >= 15 is 0 Å². The predicted molar refractivity (Wildman–Crippen MR) is 172 cm³/mol. The highest BCUT2D eigenvalue weighted by atomic mass is 35.5. The van der Waals surface area contributed by atoms with Gasteiger partial charge in [-0.25, -0.2) is 14.8 Å². The van der Waals surface area contributed by atoms with Crippen molar-refractivity contribution >= 4 is 28.7 Å². The molecule has 12 nitrogen and oxygen atoms in total. The van der Waals surface area contributed by atoms with Crippen LogP contribution in [0.2, 0.25) is 5.02 Å². The molecular formula is C33H32ClN7O5. The highest BCUT2D eigenvalue weighted by Gasteiger charge is 2.33. The number of alkyl carbamates (subject to hydrolysis) is 1. The zero-order valence-corrected chi connectivity index (χ0v) is 25.9. The summed E-state index contributed by atoms with van der Waals surface area (Å²) >= 11 is 6.58. The summed E-state index contributed by atoms with van der Waals surface area (Å²) < 4.78 is 13.6. The van der Waals surface area contributed by atoms with Gasteiger partial charge in [0, 0.05) is 42.8 Å². The molecule has 0 atom stereocenters. The third kappa shape index (κ3) is 6.67. The Kier molecular flexibility index (Phi) is 8.90. The van der Waals surface area contributed by atoms with E-state index in [9.17, 15) is 14.7 Å². The Morgan fingerprint density at radius 1 is 1.17 bits per heavy atom. The lowest BCUT2D eigenvalue weighted by molar-refractivity contribution is -0.0364. The Morgan fingerprint density at radius 3 is 2.63 bits per heavy atom. The lowest BCUT2D eigenvalue weighted by Gasteiger charge is -2.38. The van der Waals surface area contributed by atoms with Crippen molar-refractivity contribution in [2.24, 2.45) is 7.05 Å². The maximum absolute atomic E-state index is 13.5. The third-order valence-electron chi connectivity index (χ3n) is 8.16. The van der Waals surface area contributed by atoms with Crippen molar-refractivity contribution < 1.29 is 19.1 Å². The van der Waals surface area contributed by atoms with Gasteiger partial charge in [0.2, 0.25) is 0 Å². The van der Waals surface area contributed by atoms with Gasteiger partial charge in [0.05, 0.1) is 36.9 Å². The number of amides is 1. The number of aryl methyl sites for hydroxylation is 1. The maximum atomic E-state index is 13.5. The summed E-state index contributed by atoms with van der Waals surface area (Å²) in [5, 5.41) is 19.0. The molecule has 1 fully saturated rings. The topological polar surface area (TPSA) is 141 Å². The fourth-order valence-electron chi connectivity index (χ4n) is 5.64. The molecule has 1 saturated heterocycles. The summed E-state index contributed by atoms with van der Waals surface area (Å²) in [6, 6.07) is 13.2. The van der Waals surface area contributed by atoms with Crippen LogP contribution in [-0.2, 0) is 31.5 Å². The van der Waals surface area contributed by atoms with Crippen molar-refractivity contribution in [1.82, 2.24) is 34.5 Å². The lowest BCUT2D eigenvalue weighted by atomic mass is 9.91. The number of aromatic nitrogens is 5. The molecular weight excluding hydrogens is 610 g/mol. The fraction of sp³-hybridized carbons (Fsp3) is 0.303. The number of nitrogens with one attached hydrogen (secondary N) is 1. The van der Waals surface area contributed by atoms with Gasteiger partial charge in [-0.1, -0.05) is 53.9 Å². The number of fused-ring (bicyclic) bond motifs is 1. The third-order valence-corrected chi connectivity index (χ3v) is 8.51. The number of hydrogen-bond acceptors (Lipinski definition) is 9. The van der Waals surface area contributed by atoms with Crippen LogP contribution in [0, 0.1) is 12.3 Å². The van der Waals surface area contributed by atoms with Crippen molar-refractivity contribution in [3.63, 3.8) is 0 Å². The van der Waals surface area contributed by atoms with Crippen LogP contribution >= 0.6 is 11.6 Å². The van der Waals surface area contributed by atoms with Gasteiger partial charge < -0.3 is 19.6 Å². The summed E-state index contributed by atoms with van der Waals surface area (Å²) in [6.45, 7) is 2.22. The van der Waals surface area contributed by atoms with Crippen LogP contribution in [0.3, 0.4) is 0 Å². The first-order valence-corrected chi connectivity index (χ1v) is 15.1. The van der Waals surface area contributed by atoms with E-state index < -0.39 is 11.7 Å². The molecule has 0 unspecified atom stereocenters. The van der Waals surface area contributed by atoms with Gasteiger partial charge in [0.15, 0.2) is 17.7 Å². The van der Waals surface area contributed by atoms with Crippen LogP contribution in [0.25, 0.3) is 33.6 Å². The maximum Gasteiger partial charge on any atom is 0.408 e. The molecule has 3 aromatic heterocycles. The van der Waals surface area contributed by atoms with Gasteiger partial charge in [-0.15, -0.1) is 6.42 Å². The van der Waals surface area contributed by atoms with Crippen LogP contribution in [0.15, 0.2) is 70.6 Å². The van der Waals surface area contributed by atoms with Crippen LogP contribution < -0.4 is 10.9 Å². The van der Waals surface area contributed by atoms with Crippen molar-refractivity contribution in [2.75, 3.05) is 19.6 Å². The number of hydrogen-bond donors (Lipinski definition) is 2. The second-order valence-corrected chi connectivity index (χ2v) is 11.8. The molecule has 46 heavy (non-hydrogen) atoms. The summed E-state index contributed by atoms with van der Waals surface area (Å²) in [4.78, 5) is 35.9. The van der Waals surface area contributed by atoms with E-state index in [2.05, 4.69) is 31.2 Å². The summed E-state index contributed by atoms with van der Waals surface area (Å²) in [5.74, 6) is 2.97. The molecule has 236 valence electrons. The Hall–Kier alpha value is -4.96.